The van der Waals surface area contributed by atoms with Gasteiger partial charge in [0.05, 0.1) is 12.8 Å². The van der Waals surface area contributed by atoms with Crippen LogP contribution in [-0.2, 0) is 23.5 Å². The normalized spacial score (nSPS) is 22.8. The molecule has 1 atom stereocenters. The van der Waals surface area contributed by atoms with Crippen molar-refractivity contribution >= 4 is 0 Å². The number of H-pyrrole nitrogens is 1. The molecule has 3 rings (SSSR count). The smallest absolute Gasteiger partial charge is 0.123 e. The number of hydrogen-bond acceptors (Lipinski definition) is 5. The van der Waals surface area contributed by atoms with Crippen LogP contribution in [0.5, 0.6) is 0 Å². The van der Waals surface area contributed by atoms with E-state index in [9.17, 15) is 5.11 Å². The highest BCUT2D eigenvalue weighted by atomic mass is 16.5. The van der Waals surface area contributed by atoms with Gasteiger partial charge in [-0.1, -0.05) is 24.3 Å². The van der Waals surface area contributed by atoms with Crippen molar-refractivity contribution in [3.05, 3.63) is 47.3 Å². The third kappa shape index (κ3) is 3.35. The number of nitrogens with one attached hydrogen (secondary N) is 1. The number of ether oxygens (including phenoxy) is 1. The molecule has 6 heteroatoms. The van der Waals surface area contributed by atoms with Crippen LogP contribution in [0.2, 0.25) is 0 Å². The summed E-state index contributed by atoms with van der Waals surface area (Å²) in [5.41, 5.74) is 2.13. The zero-order chi connectivity index (χ0) is 15.4. The molecule has 0 bridgehead atoms. The number of aromatic amines is 1. The Morgan fingerprint density at radius 1 is 1.41 bits per heavy atom. The highest BCUT2D eigenvalue weighted by Crippen LogP contribution is 2.30. The number of benzene rings is 1. The first-order chi connectivity index (χ1) is 10.7. The Kier molecular flexibility index (Phi) is 4.52. The van der Waals surface area contributed by atoms with E-state index in [1.807, 2.05) is 0 Å². The number of hydrogen-bond donors (Lipinski definition) is 2. The number of β-amino-alcohol motifs (C(OH)–C–C–N with tert-alkyl or cyclic N) is 1. The molecule has 6 nitrogen and oxygen atoms in total. The summed E-state index contributed by atoms with van der Waals surface area (Å²) in [5, 5.41) is 21.3. The Balaban J connectivity index is 1.69. The van der Waals surface area contributed by atoms with Gasteiger partial charge in [0.25, 0.3) is 0 Å². The molecule has 2 N–H and O–H groups in total. The van der Waals surface area contributed by atoms with E-state index in [2.05, 4.69) is 44.6 Å². The molecule has 0 spiro atoms. The first-order valence-electron chi connectivity index (χ1n) is 7.57. The maximum absolute atomic E-state index is 10.8. The highest BCUT2D eigenvalue weighted by molar-refractivity contribution is 5.23. The maximum Gasteiger partial charge on any atom is 0.123 e. The monoisotopic (exact) mass is 302 g/mol. The number of methoxy groups -OCH3 is 1. The molecule has 0 unspecified atom stereocenters. The molecule has 22 heavy (non-hydrogen) atoms. The molecule has 0 aliphatic carbocycles. The van der Waals surface area contributed by atoms with Gasteiger partial charge in [0.2, 0.25) is 0 Å². The van der Waals surface area contributed by atoms with E-state index in [0.717, 1.165) is 25.9 Å². The van der Waals surface area contributed by atoms with Crippen LogP contribution < -0.4 is 0 Å². The fraction of sp³-hybridized carbons (Fsp3) is 0.500. The van der Waals surface area contributed by atoms with E-state index in [1.54, 1.807) is 13.3 Å². The lowest BCUT2D eigenvalue weighted by Gasteiger charge is -2.38. The van der Waals surface area contributed by atoms with Crippen molar-refractivity contribution in [3.63, 3.8) is 0 Å². The molecule has 1 aromatic carbocycles. The first-order valence-corrected chi connectivity index (χ1v) is 7.57. The number of nitrogens with zero attached hydrogens (tertiary/aromatic N) is 3. The number of piperidine rings is 1. The minimum Gasteiger partial charge on any atom is -0.382 e. The lowest BCUT2D eigenvalue weighted by molar-refractivity contribution is -0.0414. The van der Waals surface area contributed by atoms with Crippen molar-refractivity contribution in [1.29, 1.82) is 0 Å². The van der Waals surface area contributed by atoms with Crippen molar-refractivity contribution in [2.45, 2.75) is 31.6 Å². The minimum absolute atomic E-state index is 0.577. The summed E-state index contributed by atoms with van der Waals surface area (Å²) in [5.74, 6) is 0. The van der Waals surface area contributed by atoms with Crippen LogP contribution in [0.3, 0.4) is 0 Å². The van der Waals surface area contributed by atoms with Crippen LogP contribution in [0.15, 0.2) is 30.5 Å². The Labute approximate surface area is 130 Å². The summed E-state index contributed by atoms with van der Waals surface area (Å²) in [6, 6.07) is 8.39. The summed E-state index contributed by atoms with van der Waals surface area (Å²) in [7, 11) is 1.70. The lowest BCUT2D eigenvalue weighted by atomic mass is 9.90. The van der Waals surface area contributed by atoms with Crippen molar-refractivity contribution in [2.24, 2.45) is 0 Å². The van der Waals surface area contributed by atoms with Gasteiger partial charge in [-0.2, -0.15) is 15.4 Å². The van der Waals surface area contributed by atoms with Gasteiger partial charge < -0.3 is 9.84 Å². The van der Waals surface area contributed by atoms with Crippen LogP contribution in [0, 0.1) is 0 Å². The van der Waals surface area contributed by atoms with Crippen LogP contribution >= 0.6 is 0 Å². The van der Waals surface area contributed by atoms with Crippen LogP contribution in [0.1, 0.15) is 29.7 Å². The Morgan fingerprint density at radius 3 is 3.05 bits per heavy atom. The van der Waals surface area contributed by atoms with Gasteiger partial charge in [0.15, 0.2) is 0 Å². The average Bonchev–Trinajstić information content (AvgIpc) is 3.03. The second-order valence-electron chi connectivity index (χ2n) is 5.95. The molecule has 1 aliphatic heterocycles. The van der Waals surface area contributed by atoms with Crippen LogP contribution in [0.4, 0.5) is 0 Å². The van der Waals surface area contributed by atoms with Gasteiger partial charge in [-0.25, -0.2) is 0 Å². The quantitative estimate of drug-likeness (QED) is 0.874. The van der Waals surface area contributed by atoms with E-state index in [0.29, 0.717) is 18.8 Å². The predicted molar refractivity (Wildman–Crippen MR) is 81.9 cm³/mol. The summed E-state index contributed by atoms with van der Waals surface area (Å²) in [6.45, 7) is 3.00. The Hall–Kier alpha value is -1.76. The molecular weight excluding hydrogens is 280 g/mol. The second-order valence-corrected chi connectivity index (χ2v) is 5.95. The van der Waals surface area contributed by atoms with Gasteiger partial charge >= 0.3 is 0 Å². The molecule has 0 amide bonds. The summed E-state index contributed by atoms with van der Waals surface area (Å²) in [4.78, 5) is 2.27. The van der Waals surface area contributed by atoms with Gasteiger partial charge in [-0.05, 0) is 30.5 Å². The van der Waals surface area contributed by atoms with E-state index in [1.165, 1.54) is 11.1 Å². The molecule has 2 heterocycles. The second kappa shape index (κ2) is 6.56. The van der Waals surface area contributed by atoms with Crippen molar-refractivity contribution in [3.8, 4) is 0 Å². The van der Waals surface area contributed by atoms with Crippen LogP contribution in [-0.4, -0.2) is 45.6 Å². The Morgan fingerprint density at radius 2 is 2.27 bits per heavy atom. The highest BCUT2D eigenvalue weighted by Gasteiger charge is 2.37. The molecule has 1 aliphatic rings. The number of aliphatic hydroxyl groups is 1. The predicted octanol–water partition coefficient (Wildman–Crippen LogP) is 1.43. The largest absolute Gasteiger partial charge is 0.382 e. The van der Waals surface area contributed by atoms with Crippen molar-refractivity contribution < 1.29 is 9.84 Å². The number of rotatable bonds is 5. The maximum atomic E-state index is 10.8. The standard InChI is InChI=1S/C16H22N4O2/c1-22-11-14-5-2-4-13(8-14)10-20-7-3-6-16(21,12-20)15-9-17-19-18-15/h2,4-5,8-9,21H,3,6-7,10-12H2,1H3,(H,17,18,19)/t16-/m0/s1. The lowest BCUT2D eigenvalue weighted by Crippen LogP contribution is -2.45. The molecule has 1 fully saturated rings. The third-order valence-electron chi connectivity index (χ3n) is 4.15. The fourth-order valence-electron chi connectivity index (χ4n) is 3.14. The molecule has 1 aromatic heterocycles. The number of aromatic nitrogens is 3. The SMILES string of the molecule is COCc1cccc(CN2CCC[C@@](O)(c3cn[nH]n3)C2)c1. The molecule has 0 saturated carbocycles. The molecule has 0 radical (unpaired) electrons. The first kappa shape index (κ1) is 15.1. The van der Waals surface area contributed by atoms with Crippen molar-refractivity contribution in [2.75, 3.05) is 20.2 Å². The van der Waals surface area contributed by atoms with Gasteiger partial charge in [0.1, 0.15) is 11.3 Å². The average molecular weight is 302 g/mol. The van der Waals surface area contributed by atoms with Crippen molar-refractivity contribution in [1.82, 2.24) is 20.3 Å². The Bertz CT molecular complexity index is 602. The van der Waals surface area contributed by atoms with E-state index >= 15 is 0 Å². The van der Waals surface area contributed by atoms with E-state index < -0.39 is 5.60 Å². The minimum atomic E-state index is -0.907. The summed E-state index contributed by atoms with van der Waals surface area (Å²) in [6.07, 6.45) is 3.28. The zero-order valence-electron chi connectivity index (χ0n) is 12.8. The third-order valence-corrected chi connectivity index (χ3v) is 4.15. The summed E-state index contributed by atoms with van der Waals surface area (Å²) >= 11 is 0. The van der Waals surface area contributed by atoms with E-state index in [-0.39, 0.29) is 0 Å². The van der Waals surface area contributed by atoms with Crippen LogP contribution in [0.25, 0.3) is 0 Å². The molecule has 1 saturated heterocycles. The van der Waals surface area contributed by atoms with Gasteiger partial charge in [0, 0.05) is 20.2 Å². The van der Waals surface area contributed by atoms with E-state index in [4.69, 9.17) is 4.74 Å². The van der Waals surface area contributed by atoms with Gasteiger partial charge in [-0.15, -0.1) is 0 Å². The fourth-order valence-corrected chi connectivity index (χ4v) is 3.14. The van der Waals surface area contributed by atoms with Gasteiger partial charge in [-0.3, -0.25) is 4.90 Å². The molecule has 2 aromatic rings. The number of likely N-dealkylation sites (tertiary alicyclic amines) is 1. The molecular formula is C16H22N4O2. The summed E-state index contributed by atoms with van der Waals surface area (Å²) < 4.78 is 5.18. The topological polar surface area (TPSA) is 74.3 Å². The molecule has 118 valence electrons. The zero-order valence-corrected chi connectivity index (χ0v) is 12.8.